The minimum absolute atomic E-state index is 0.567. The van der Waals surface area contributed by atoms with Crippen molar-refractivity contribution in [1.29, 1.82) is 0 Å². The summed E-state index contributed by atoms with van der Waals surface area (Å²) in [4.78, 5) is 20.0. The molecular weight excluding hydrogens is 589 g/mol. The molecule has 6 aromatic carbocycles. The smallest absolute Gasteiger partial charge is 0.238 e. The standard InChI is InChI=1S/C42H26N6/c1-4-12-28(13-5-1)40-44-41(29-14-6-2-7-15-29)46-42(45-40)48-35-19-11-10-18-31(35)32-21-22-33-37-34-26-43-25-24-27(34)20-23-36(37)47(39(33)38(32)48)30-16-8-3-9-17-30/h1-26H. The molecule has 0 fully saturated rings. The van der Waals surface area contributed by atoms with Gasteiger partial charge in [-0.3, -0.25) is 9.55 Å². The molecule has 0 atom stereocenters. The highest BCUT2D eigenvalue weighted by molar-refractivity contribution is 6.28. The van der Waals surface area contributed by atoms with E-state index in [2.05, 4.69) is 99.0 Å². The summed E-state index contributed by atoms with van der Waals surface area (Å²) in [6.07, 6.45) is 3.84. The third-order valence-electron chi connectivity index (χ3n) is 9.25. The number of para-hydroxylation sites is 2. The maximum Gasteiger partial charge on any atom is 0.238 e. The Morgan fingerprint density at radius 2 is 1.04 bits per heavy atom. The van der Waals surface area contributed by atoms with Crippen molar-refractivity contribution in [1.82, 2.24) is 29.1 Å². The Bertz CT molecular complexity index is 2760. The fraction of sp³-hybridized carbons (Fsp3) is 0. The molecule has 0 bridgehead atoms. The van der Waals surface area contributed by atoms with Crippen molar-refractivity contribution in [3.8, 4) is 34.4 Å². The first-order valence-electron chi connectivity index (χ1n) is 16.0. The Morgan fingerprint density at radius 1 is 0.417 bits per heavy atom. The van der Waals surface area contributed by atoms with Crippen LogP contribution in [-0.4, -0.2) is 29.1 Å². The van der Waals surface area contributed by atoms with Gasteiger partial charge in [-0.1, -0.05) is 115 Å². The van der Waals surface area contributed by atoms with E-state index < -0.39 is 0 Å². The average Bonchev–Trinajstić information content (AvgIpc) is 3.69. The van der Waals surface area contributed by atoms with Gasteiger partial charge in [0.25, 0.3) is 0 Å². The zero-order valence-corrected chi connectivity index (χ0v) is 25.7. The SMILES string of the molecule is c1ccc(-c2nc(-c3ccccc3)nc(-n3c4ccccc4c4ccc5c6c7cnccc7ccc6n(-c6ccccc6)c5c43)n2)cc1. The molecule has 48 heavy (non-hydrogen) atoms. The molecule has 4 aromatic heterocycles. The number of aromatic nitrogens is 6. The topological polar surface area (TPSA) is 61.4 Å². The van der Waals surface area contributed by atoms with E-state index in [4.69, 9.17) is 15.0 Å². The summed E-state index contributed by atoms with van der Waals surface area (Å²) in [7, 11) is 0. The van der Waals surface area contributed by atoms with Crippen LogP contribution in [0.2, 0.25) is 0 Å². The van der Waals surface area contributed by atoms with Crippen LogP contribution in [0.4, 0.5) is 0 Å². The van der Waals surface area contributed by atoms with Crippen molar-refractivity contribution in [2.75, 3.05) is 0 Å². The number of fused-ring (bicyclic) bond motifs is 9. The van der Waals surface area contributed by atoms with Gasteiger partial charge < -0.3 is 4.57 Å². The lowest BCUT2D eigenvalue weighted by Crippen LogP contribution is -2.07. The van der Waals surface area contributed by atoms with Crippen LogP contribution in [0, 0.1) is 0 Å². The van der Waals surface area contributed by atoms with Crippen LogP contribution >= 0.6 is 0 Å². The fourth-order valence-electron chi connectivity index (χ4n) is 7.16. The minimum atomic E-state index is 0.567. The molecule has 4 heterocycles. The largest absolute Gasteiger partial charge is 0.307 e. The van der Waals surface area contributed by atoms with Gasteiger partial charge in [-0.2, -0.15) is 9.97 Å². The van der Waals surface area contributed by atoms with E-state index in [0.29, 0.717) is 17.6 Å². The second-order valence-corrected chi connectivity index (χ2v) is 12.0. The van der Waals surface area contributed by atoms with E-state index in [1.54, 1.807) is 0 Å². The molecule has 0 unspecified atom stereocenters. The van der Waals surface area contributed by atoms with Crippen LogP contribution in [0.5, 0.6) is 0 Å². The molecule has 10 rings (SSSR count). The Hall–Kier alpha value is -6.66. The van der Waals surface area contributed by atoms with E-state index in [1.807, 2.05) is 73.1 Å². The molecule has 0 aliphatic heterocycles. The van der Waals surface area contributed by atoms with Gasteiger partial charge in [-0.05, 0) is 35.7 Å². The minimum Gasteiger partial charge on any atom is -0.307 e. The molecule has 0 amide bonds. The fourth-order valence-corrected chi connectivity index (χ4v) is 7.16. The van der Waals surface area contributed by atoms with Gasteiger partial charge in [0, 0.05) is 56.1 Å². The first-order chi connectivity index (χ1) is 23.8. The van der Waals surface area contributed by atoms with Crippen molar-refractivity contribution in [2.45, 2.75) is 0 Å². The number of nitrogens with zero attached hydrogens (tertiary/aromatic N) is 6. The van der Waals surface area contributed by atoms with E-state index >= 15 is 0 Å². The number of pyridine rings is 1. The van der Waals surface area contributed by atoms with Crippen LogP contribution in [0.25, 0.3) is 88.8 Å². The third-order valence-corrected chi connectivity index (χ3v) is 9.25. The molecule has 0 saturated carbocycles. The maximum atomic E-state index is 5.21. The quantitative estimate of drug-likeness (QED) is 0.198. The van der Waals surface area contributed by atoms with Gasteiger partial charge in [0.05, 0.1) is 22.1 Å². The van der Waals surface area contributed by atoms with Crippen molar-refractivity contribution in [2.24, 2.45) is 0 Å². The van der Waals surface area contributed by atoms with Crippen molar-refractivity contribution < 1.29 is 0 Å². The first kappa shape index (κ1) is 26.5. The van der Waals surface area contributed by atoms with Crippen LogP contribution in [0.3, 0.4) is 0 Å². The molecule has 0 N–H and O–H groups in total. The Labute approximate surface area is 275 Å². The molecule has 6 heteroatoms. The summed E-state index contributed by atoms with van der Waals surface area (Å²) in [6.45, 7) is 0. The van der Waals surface area contributed by atoms with E-state index in [1.165, 1.54) is 5.39 Å². The summed E-state index contributed by atoms with van der Waals surface area (Å²) in [5.41, 5.74) is 7.21. The second kappa shape index (κ2) is 10.4. The van der Waals surface area contributed by atoms with Gasteiger partial charge >= 0.3 is 0 Å². The van der Waals surface area contributed by atoms with Gasteiger partial charge in [0.2, 0.25) is 5.95 Å². The molecule has 6 nitrogen and oxygen atoms in total. The normalized spacial score (nSPS) is 11.8. The highest BCUT2D eigenvalue weighted by atomic mass is 15.2. The summed E-state index contributed by atoms with van der Waals surface area (Å²) >= 11 is 0. The monoisotopic (exact) mass is 614 g/mol. The highest BCUT2D eigenvalue weighted by Gasteiger charge is 2.24. The molecule has 0 aliphatic rings. The molecule has 0 aliphatic carbocycles. The molecule has 0 radical (unpaired) electrons. The van der Waals surface area contributed by atoms with Crippen LogP contribution in [0.1, 0.15) is 0 Å². The lowest BCUT2D eigenvalue weighted by atomic mass is 10.0. The average molecular weight is 615 g/mol. The van der Waals surface area contributed by atoms with E-state index in [0.717, 1.165) is 65.8 Å². The Morgan fingerprint density at radius 3 is 1.77 bits per heavy atom. The highest BCUT2D eigenvalue weighted by Crippen LogP contribution is 2.43. The summed E-state index contributed by atoms with van der Waals surface area (Å²) in [5.74, 6) is 1.81. The van der Waals surface area contributed by atoms with Crippen LogP contribution in [-0.2, 0) is 0 Å². The van der Waals surface area contributed by atoms with Gasteiger partial charge in [0.1, 0.15) is 0 Å². The van der Waals surface area contributed by atoms with Gasteiger partial charge in [-0.15, -0.1) is 0 Å². The maximum absolute atomic E-state index is 5.21. The van der Waals surface area contributed by atoms with Gasteiger partial charge in [0.15, 0.2) is 11.6 Å². The Kier molecular flexibility index (Phi) is 5.77. The lowest BCUT2D eigenvalue weighted by molar-refractivity contribution is 0.953. The number of hydrogen-bond acceptors (Lipinski definition) is 4. The summed E-state index contributed by atoms with van der Waals surface area (Å²) in [5, 5.41) is 6.85. The number of benzene rings is 6. The van der Waals surface area contributed by atoms with E-state index in [-0.39, 0.29) is 0 Å². The molecule has 10 aromatic rings. The first-order valence-corrected chi connectivity index (χ1v) is 16.0. The predicted molar refractivity (Wildman–Crippen MR) is 195 cm³/mol. The molecule has 224 valence electrons. The van der Waals surface area contributed by atoms with E-state index in [9.17, 15) is 0 Å². The molecular formula is C42H26N6. The molecule has 0 spiro atoms. The van der Waals surface area contributed by atoms with Gasteiger partial charge in [-0.25, -0.2) is 4.98 Å². The lowest BCUT2D eigenvalue weighted by Gasteiger charge is -2.13. The third kappa shape index (κ3) is 3.93. The number of rotatable bonds is 4. The number of hydrogen-bond donors (Lipinski definition) is 0. The molecule has 0 saturated heterocycles. The van der Waals surface area contributed by atoms with Crippen molar-refractivity contribution in [3.05, 3.63) is 158 Å². The zero-order chi connectivity index (χ0) is 31.6. The van der Waals surface area contributed by atoms with Crippen LogP contribution in [0.15, 0.2) is 158 Å². The zero-order valence-electron chi connectivity index (χ0n) is 25.7. The summed E-state index contributed by atoms with van der Waals surface area (Å²) < 4.78 is 4.61. The Balaban J connectivity index is 1.42. The summed E-state index contributed by atoms with van der Waals surface area (Å²) in [6, 6.07) is 50.4. The second-order valence-electron chi connectivity index (χ2n) is 12.0. The van der Waals surface area contributed by atoms with Crippen molar-refractivity contribution in [3.63, 3.8) is 0 Å². The van der Waals surface area contributed by atoms with Crippen LogP contribution < -0.4 is 0 Å². The predicted octanol–water partition coefficient (Wildman–Crippen LogP) is 9.95. The van der Waals surface area contributed by atoms with Crippen molar-refractivity contribution >= 4 is 54.4 Å².